The minimum atomic E-state index is -0.468. The van der Waals surface area contributed by atoms with Crippen molar-refractivity contribution in [2.75, 3.05) is 10.6 Å². The Kier molecular flexibility index (Phi) is 16.3. The van der Waals surface area contributed by atoms with Gasteiger partial charge < -0.3 is 19.9 Å². The molecule has 0 aliphatic carbocycles. The average Bonchev–Trinajstić information content (AvgIpc) is 4.22. The lowest BCUT2D eigenvalue weighted by Gasteiger charge is -2.32. The van der Waals surface area contributed by atoms with Crippen LogP contribution in [0.5, 0.6) is 0 Å². The van der Waals surface area contributed by atoms with Crippen LogP contribution < -0.4 is 16.1 Å². The lowest BCUT2D eigenvalue weighted by atomic mass is 9.78. The molecule has 0 spiro atoms. The maximum absolute atomic E-state index is 9.74. The summed E-state index contributed by atoms with van der Waals surface area (Å²) in [7, 11) is -0.468. The lowest BCUT2D eigenvalue weighted by Crippen LogP contribution is -2.41. The first-order valence-corrected chi connectivity index (χ1v) is 24.8. The summed E-state index contributed by atoms with van der Waals surface area (Å²) < 4.78 is 13.5. The highest BCUT2D eigenvalue weighted by Crippen LogP contribution is 2.38. The van der Waals surface area contributed by atoms with Gasteiger partial charge in [-0.1, -0.05) is 133 Å². The molecule has 11 rings (SSSR count). The molecule has 10 aromatic rings. The maximum atomic E-state index is 9.74. The number of benzene rings is 6. The molecular formula is C59H56BBrN12O2. The molecule has 2 unspecified atom stereocenters. The van der Waals surface area contributed by atoms with Gasteiger partial charge in [-0.3, -0.25) is 20.2 Å². The summed E-state index contributed by atoms with van der Waals surface area (Å²) in [4.78, 5) is 17.3. The number of rotatable bonds is 10. The molecule has 0 amide bonds. The van der Waals surface area contributed by atoms with E-state index in [1.54, 1.807) is 12.4 Å². The largest absolute Gasteiger partial charge is 0.494 e. The Bertz CT molecular complexity index is 3600. The Hall–Kier alpha value is -8.54. The predicted octanol–water partition coefficient (Wildman–Crippen LogP) is 13.2. The van der Waals surface area contributed by atoms with E-state index < -0.39 is 18.3 Å². The number of hydrogen-bond acceptors (Lipinski definition) is 12. The van der Waals surface area contributed by atoms with Gasteiger partial charge in [-0.15, -0.1) is 0 Å². The topological polar surface area (TPSA) is 199 Å². The minimum absolute atomic E-state index is 0. The van der Waals surface area contributed by atoms with Crippen molar-refractivity contribution >= 4 is 61.7 Å². The third-order valence-electron chi connectivity index (χ3n) is 13.2. The van der Waals surface area contributed by atoms with Crippen LogP contribution >= 0.6 is 15.9 Å². The molecule has 16 heteroatoms. The Balaban J connectivity index is 0.000000162. The van der Waals surface area contributed by atoms with E-state index in [0.29, 0.717) is 11.1 Å². The van der Waals surface area contributed by atoms with E-state index in [1.165, 1.54) is 12.7 Å². The first kappa shape index (κ1) is 52.8. The van der Waals surface area contributed by atoms with Crippen LogP contribution in [0.3, 0.4) is 0 Å². The Labute approximate surface area is 445 Å². The van der Waals surface area contributed by atoms with Crippen LogP contribution in [0.2, 0.25) is 0 Å². The second kappa shape index (κ2) is 23.1. The van der Waals surface area contributed by atoms with Crippen molar-refractivity contribution in [1.82, 2.24) is 40.3 Å². The summed E-state index contributed by atoms with van der Waals surface area (Å²) in [6.45, 7) is 12.3. The number of pyridine rings is 2. The third kappa shape index (κ3) is 12.0. The molecule has 5 heterocycles. The molecule has 2 atom stereocenters. The first-order valence-electron chi connectivity index (χ1n) is 24.0. The number of nitrogens with zero attached hydrogens (tertiary/aromatic N) is 8. The van der Waals surface area contributed by atoms with Gasteiger partial charge in [0.25, 0.3) is 0 Å². The fourth-order valence-electron chi connectivity index (χ4n) is 8.44. The highest BCUT2D eigenvalue weighted by atomic mass is 79.9. The minimum Gasteiger partial charge on any atom is -0.399 e. The molecule has 1 saturated heterocycles. The summed E-state index contributed by atoms with van der Waals surface area (Å²) in [5, 5.41) is 41.7. The van der Waals surface area contributed by atoms with Crippen molar-refractivity contribution in [3.8, 4) is 46.0 Å². The molecule has 0 saturated carbocycles. The van der Waals surface area contributed by atoms with Gasteiger partial charge >= 0.3 is 7.12 Å². The Morgan fingerprint density at radius 1 is 0.547 bits per heavy atom. The molecule has 1 fully saturated rings. The number of anilines is 2. The predicted molar refractivity (Wildman–Crippen MR) is 303 cm³/mol. The van der Waals surface area contributed by atoms with Crippen molar-refractivity contribution in [3.63, 3.8) is 0 Å². The molecule has 6 aromatic carbocycles. The van der Waals surface area contributed by atoms with Crippen molar-refractivity contribution < 1.29 is 9.31 Å². The van der Waals surface area contributed by atoms with Crippen LogP contribution in [0.25, 0.3) is 55.7 Å². The number of aromatic nitrogens is 8. The maximum Gasteiger partial charge on any atom is 0.494 e. The highest BCUT2D eigenvalue weighted by Gasteiger charge is 2.51. The van der Waals surface area contributed by atoms with Crippen molar-refractivity contribution in [2.24, 2.45) is 0 Å². The second-order valence-corrected chi connectivity index (χ2v) is 19.6. The lowest BCUT2D eigenvalue weighted by molar-refractivity contribution is 0.00578. The summed E-state index contributed by atoms with van der Waals surface area (Å²) in [6, 6.07) is 53.1. The van der Waals surface area contributed by atoms with Crippen LogP contribution in [0.4, 0.5) is 11.4 Å². The van der Waals surface area contributed by atoms with E-state index in [0.717, 1.165) is 88.1 Å². The zero-order valence-corrected chi connectivity index (χ0v) is 43.3. The summed E-state index contributed by atoms with van der Waals surface area (Å²) >= 11 is 3.39. The Morgan fingerprint density at radius 2 is 1.01 bits per heavy atom. The third-order valence-corrected chi connectivity index (χ3v) is 13.7. The van der Waals surface area contributed by atoms with Gasteiger partial charge in [0.15, 0.2) is 11.6 Å². The average molecular weight is 1060 g/mol. The normalized spacial score (nSPS) is 13.9. The van der Waals surface area contributed by atoms with E-state index in [1.807, 2.05) is 131 Å². The quantitative estimate of drug-likeness (QED) is 0.0947. The van der Waals surface area contributed by atoms with E-state index in [2.05, 4.69) is 135 Å². The molecule has 0 bridgehead atoms. The van der Waals surface area contributed by atoms with Gasteiger partial charge in [0.2, 0.25) is 0 Å². The van der Waals surface area contributed by atoms with E-state index in [4.69, 9.17) is 9.31 Å². The number of hydrogen-bond donors (Lipinski definition) is 4. The Morgan fingerprint density at radius 3 is 1.51 bits per heavy atom. The zero-order valence-electron chi connectivity index (χ0n) is 41.7. The zero-order chi connectivity index (χ0) is 51.8. The molecule has 4 aromatic heterocycles. The molecular weight excluding hydrogens is 999 g/mol. The van der Waals surface area contributed by atoms with Gasteiger partial charge in [-0.05, 0) is 106 Å². The molecule has 75 heavy (non-hydrogen) atoms. The molecule has 0 radical (unpaired) electrons. The number of halogens is 1. The van der Waals surface area contributed by atoms with Crippen LogP contribution in [0, 0.1) is 22.7 Å². The summed E-state index contributed by atoms with van der Waals surface area (Å²) in [6.07, 6.45) is 6.25. The van der Waals surface area contributed by atoms with Gasteiger partial charge in [0.1, 0.15) is 24.8 Å². The SMILES string of the molecule is Brc1cccc(-c2ncn[nH]2)c1.C.CC(Nc1c(C#N)cnc2ccc(-c3cccc(-c4ncn[nH]4)c3)cc12)c1ccccc1.CC(Nc1c(C#N)cnc2ccc(B3OC(C)(C)C(C)(C)O3)cc12)c1ccccc1. The molecule has 14 nitrogen and oxygen atoms in total. The standard InChI is InChI=1S/C26H20N6.C24H26BN3O2.C8H6BrN3.CH4/c1-17(18-6-3-2-4-7-18)31-25-22(14-27)15-28-24-11-10-20(13-23(24)25)19-8-5-9-21(12-19)26-29-16-30-32-26;1-16(17-9-7-6-8-10-17)28-22-18(14-26)15-27-21-12-11-19(13-20(21)22)25-29-23(2,3)24(4,5)30-25;9-7-3-1-2-6(4-7)8-10-5-11-12-8;/h2-13,15-17H,1H3,(H,28,31)(H,29,30,32);6-13,15-16H,1-5H3,(H,27,28);1-5H,(H,10,11,12);1H4. The van der Waals surface area contributed by atoms with Gasteiger partial charge in [-0.25, -0.2) is 9.97 Å². The highest BCUT2D eigenvalue weighted by molar-refractivity contribution is 9.10. The fourth-order valence-corrected chi connectivity index (χ4v) is 8.84. The molecule has 1 aliphatic rings. The van der Waals surface area contributed by atoms with Crippen LogP contribution in [-0.2, 0) is 9.31 Å². The van der Waals surface area contributed by atoms with Gasteiger partial charge in [0, 0.05) is 50.8 Å². The van der Waals surface area contributed by atoms with Crippen LogP contribution in [0.1, 0.15) is 83.3 Å². The van der Waals surface area contributed by atoms with E-state index in [9.17, 15) is 10.5 Å². The number of nitrogens with one attached hydrogen (secondary N) is 4. The fraction of sp³-hybridized carbons (Fsp3) is 0.186. The number of aromatic amines is 2. The molecule has 4 N–H and O–H groups in total. The van der Waals surface area contributed by atoms with E-state index in [-0.39, 0.29) is 19.5 Å². The molecule has 374 valence electrons. The number of nitriles is 2. The second-order valence-electron chi connectivity index (χ2n) is 18.7. The summed E-state index contributed by atoms with van der Waals surface area (Å²) in [5.41, 5.74) is 10.7. The van der Waals surface area contributed by atoms with E-state index >= 15 is 0 Å². The van der Waals surface area contributed by atoms with Crippen LogP contribution in [-0.4, -0.2) is 58.7 Å². The van der Waals surface area contributed by atoms with Gasteiger partial charge in [-0.2, -0.15) is 20.7 Å². The van der Waals surface area contributed by atoms with Crippen molar-refractivity contribution in [3.05, 3.63) is 197 Å². The van der Waals surface area contributed by atoms with Crippen molar-refractivity contribution in [1.29, 1.82) is 10.5 Å². The summed E-state index contributed by atoms with van der Waals surface area (Å²) in [5.74, 6) is 1.51. The van der Waals surface area contributed by atoms with Crippen molar-refractivity contribution in [2.45, 2.75) is 72.3 Å². The number of H-pyrrole nitrogens is 2. The van der Waals surface area contributed by atoms with Gasteiger partial charge in [0.05, 0.1) is 44.7 Å². The molecule has 1 aliphatic heterocycles. The van der Waals surface area contributed by atoms with Crippen LogP contribution in [0.15, 0.2) is 175 Å². The number of fused-ring (bicyclic) bond motifs is 2. The monoisotopic (exact) mass is 1050 g/mol. The smallest absolute Gasteiger partial charge is 0.399 e. The first-order chi connectivity index (χ1) is 35.8.